The van der Waals surface area contributed by atoms with Gasteiger partial charge in [-0.05, 0) is 31.0 Å². The molecule has 0 heterocycles. The SMILES string of the molecule is COC(=O)CCCC(=O)Nc1cc(C)ccc1F. The van der Waals surface area contributed by atoms with Gasteiger partial charge in [0.15, 0.2) is 0 Å². The Balaban J connectivity index is 2.44. The molecule has 0 radical (unpaired) electrons. The van der Waals surface area contributed by atoms with Crippen LogP contribution in [-0.4, -0.2) is 19.0 Å². The van der Waals surface area contributed by atoms with Crippen molar-refractivity contribution in [3.05, 3.63) is 29.6 Å². The van der Waals surface area contributed by atoms with E-state index in [0.29, 0.717) is 6.42 Å². The Morgan fingerprint density at radius 3 is 2.72 bits per heavy atom. The molecule has 0 unspecified atom stereocenters. The summed E-state index contributed by atoms with van der Waals surface area (Å²) in [4.78, 5) is 22.4. The number of carbonyl (C=O) groups excluding carboxylic acids is 2. The highest BCUT2D eigenvalue weighted by Gasteiger charge is 2.08. The van der Waals surface area contributed by atoms with E-state index in [1.165, 1.54) is 13.2 Å². The van der Waals surface area contributed by atoms with Gasteiger partial charge in [-0.15, -0.1) is 0 Å². The molecule has 4 nitrogen and oxygen atoms in total. The number of esters is 1. The number of nitrogens with one attached hydrogen (secondary N) is 1. The highest BCUT2D eigenvalue weighted by molar-refractivity contribution is 5.91. The van der Waals surface area contributed by atoms with Crippen LogP contribution in [-0.2, 0) is 14.3 Å². The number of hydrogen-bond acceptors (Lipinski definition) is 3. The molecule has 1 amide bonds. The first-order valence-electron chi connectivity index (χ1n) is 5.65. The molecule has 0 bridgehead atoms. The van der Waals surface area contributed by atoms with Gasteiger partial charge < -0.3 is 10.1 Å². The molecule has 0 fully saturated rings. The Morgan fingerprint density at radius 1 is 1.33 bits per heavy atom. The first-order chi connectivity index (χ1) is 8.52. The zero-order valence-electron chi connectivity index (χ0n) is 10.5. The minimum atomic E-state index is -0.470. The predicted octanol–water partition coefficient (Wildman–Crippen LogP) is 2.42. The highest BCUT2D eigenvalue weighted by atomic mass is 19.1. The third kappa shape index (κ3) is 4.53. The molecular weight excluding hydrogens is 237 g/mol. The van der Waals surface area contributed by atoms with Crippen molar-refractivity contribution >= 4 is 17.6 Å². The minimum absolute atomic E-state index is 0.155. The molecule has 0 aliphatic carbocycles. The van der Waals surface area contributed by atoms with Crippen molar-refractivity contribution in [2.45, 2.75) is 26.2 Å². The maximum atomic E-state index is 13.3. The van der Waals surface area contributed by atoms with Crippen LogP contribution < -0.4 is 5.32 Å². The first-order valence-corrected chi connectivity index (χ1v) is 5.65. The summed E-state index contributed by atoms with van der Waals surface area (Å²) < 4.78 is 17.8. The number of carbonyl (C=O) groups is 2. The van der Waals surface area contributed by atoms with E-state index in [-0.39, 0.29) is 30.4 Å². The van der Waals surface area contributed by atoms with Gasteiger partial charge in [0, 0.05) is 12.8 Å². The van der Waals surface area contributed by atoms with Crippen molar-refractivity contribution in [3.8, 4) is 0 Å². The van der Waals surface area contributed by atoms with E-state index >= 15 is 0 Å². The molecule has 0 aromatic heterocycles. The standard InChI is InChI=1S/C13H16FNO3/c1-9-6-7-10(14)11(8-9)15-12(16)4-3-5-13(17)18-2/h6-8H,3-5H2,1-2H3,(H,15,16). The number of rotatable bonds is 5. The normalized spacial score (nSPS) is 9.94. The monoisotopic (exact) mass is 253 g/mol. The predicted molar refractivity (Wildman–Crippen MR) is 65.6 cm³/mol. The van der Waals surface area contributed by atoms with Gasteiger partial charge >= 0.3 is 5.97 Å². The summed E-state index contributed by atoms with van der Waals surface area (Å²) >= 11 is 0. The van der Waals surface area contributed by atoms with Gasteiger partial charge in [0.05, 0.1) is 12.8 Å². The number of aryl methyl sites for hydroxylation is 1. The number of halogens is 1. The lowest BCUT2D eigenvalue weighted by atomic mass is 10.2. The lowest BCUT2D eigenvalue weighted by Gasteiger charge is -2.07. The van der Waals surface area contributed by atoms with Crippen molar-refractivity contribution < 1.29 is 18.7 Å². The maximum absolute atomic E-state index is 13.3. The number of hydrogen-bond donors (Lipinski definition) is 1. The fourth-order valence-electron chi connectivity index (χ4n) is 1.44. The fourth-order valence-corrected chi connectivity index (χ4v) is 1.44. The average molecular weight is 253 g/mol. The third-order valence-corrected chi connectivity index (χ3v) is 2.41. The van der Waals surface area contributed by atoms with Gasteiger partial charge in [0.1, 0.15) is 5.82 Å². The van der Waals surface area contributed by atoms with Crippen LogP contribution in [0.3, 0.4) is 0 Å². The quantitative estimate of drug-likeness (QED) is 0.820. The summed E-state index contributed by atoms with van der Waals surface area (Å²) in [6.45, 7) is 1.81. The molecule has 5 heteroatoms. The van der Waals surface area contributed by atoms with Crippen LogP contribution in [0.25, 0.3) is 0 Å². The lowest BCUT2D eigenvalue weighted by molar-refractivity contribution is -0.140. The summed E-state index contributed by atoms with van der Waals surface area (Å²) in [6.07, 6.45) is 0.717. The number of methoxy groups -OCH3 is 1. The van der Waals surface area contributed by atoms with Crippen LogP contribution >= 0.6 is 0 Å². The smallest absolute Gasteiger partial charge is 0.305 e. The van der Waals surface area contributed by atoms with Crippen LogP contribution in [0.2, 0.25) is 0 Å². The molecule has 1 aromatic rings. The molecule has 0 aliphatic heterocycles. The van der Waals surface area contributed by atoms with Gasteiger partial charge in [-0.3, -0.25) is 9.59 Å². The summed E-state index contributed by atoms with van der Waals surface area (Å²) in [6, 6.07) is 4.50. The molecule has 0 spiro atoms. The fraction of sp³-hybridized carbons (Fsp3) is 0.385. The highest BCUT2D eigenvalue weighted by Crippen LogP contribution is 2.16. The van der Waals surface area contributed by atoms with Crippen molar-refractivity contribution in [1.29, 1.82) is 0 Å². The number of ether oxygens (including phenoxy) is 1. The van der Waals surface area contributed by atoms with Crippen LogP contribution in [0.1, 0.15) is 24.8 Å². The summed E-state index contributed by atoms with van der Waals surface area (Å²) in [5, 5.41) is 2.48. The van der Waals surface area contributed by atoms with E-state index in [1.807, 2.05) is 6.92 Å². The van der Waals surface area contributed by atoms with Gasteiger partial charge in [-0.2, -0.15) is 0 Å². The number of benzene rings is 1. The Bertz CT molecular complexity index is 446. The number of anilines is 1. The maximum Gasteiger partial charge on any atom is 0.305 e. The lowest BCUT2D eigenvalue weighted by Crippen LogP contribution is -2.13. The number of amides is 1. The van der Waals surface area contributed by atoms with Crippen molar-refractivity contribution in [2.75, 3.05) is 12.4 Å². The van der Waals surface area contributed by atoms with Crippen LogP contribution in [0.4, 0.5) is 10.1 Å². The summed E-state index contributed by atoms with van der Waals surface area (Å²) in [7, 11) is 1.30. The average Bonchev–Trinajstić information content (AvgIpc) is 2.33. The summed E-state index contributed by atoms with van der Waals surface area (Å²) in [5.74, 6) is -1.14. The Hall–Kier alpha value is -1.91. The van der Waals surface area contributed by atoms with E-state index in [9.17, 15) is 14.0 Å². The van der Waals surface area contributed by atoms with Gasteiger partial charge in [0.2, 0.25) is 5.91 Å². The van der Waals surface area contributed by atoms with E-state index in [2.05, 4.69) is 10.1 Å². The van der Waals surface area contributed by atoms with Crippen molar-refractivity contribution in [2.24, 2.45) is 0 Å². The van der Waals surface area contributed by atoms with E-state index in [1.54, 1.807) is 12.1 Å². The van der Waals surface area contributed by atoms with Crippen molar-refractivity contribution in [1.82, 2.24) is 0 Å². The second-order valence-electron chi connectivity index (χ2n) is 3.96. The molecule has 0 atom stereocenters. The molecule has 0 saturated carbocycles. The molecule has 1 rings (SSSR count). The molecule has 1 aromatic carbocycles. The second kappa shape index (κ2) is 6.74. The zero-order valence-corrected chi connectivity index (χ0v) is 10.5. The zero-order chi connectivity index (χ0) is 13.5. The second-order valence-corrected chi connectivity index (χ2v) is 3.96. The van der Waals surface area contributed by atoms with Gasteiger partial charge in [-0.1, -0.05) is 6.07 Å². The molecule has 18 heavy (non-hydrogen) atoms. The van der Waals surface area contributed by atoms with E-state index < -0.39 is 5.82 Å². The van der Waals surface area contributed by atoms with E-state index in [0.717, 1.165) is 5.56 Å². The van der Waals surface area contributed by atoms with E-state index in [4.69, 9.17) is 0 Å². The third-order valence-electron chi connectivity index (χ3n) is 2.41. The van der Waals surface area contributed by atoms with Crippen LogP contribution in [0.15, 0.2) is 18.2 Å². The Morgan fingerprint density at radius 2 is 2.06 bits per heavy atom. The van der Waals surface area contributed by atoms with Gasteiger partial charge in [-0.25, -0.2) is 4.39 Å². The first kappa shape index (κ1) is 14.2. The Kier molecular flexibility index (Phi) is 5.30. The molecule has 0 aliphatic rings. The molecule has 1 N–H and O–H groups in total. The van der Waals surface area contributed by atoms with Crippen molar-refractivity contribution in [3.63, 3.8) is 0 Å². The molecule has 0 saturated heterocycles. The minimum Gasteiger partial charge on any atom is -0.469 e. The topological polar surface area (TPSA) is 55.4 Å². The largest absolute Gasteiger partial charge is 0.469 e. The van der Waals surface area contributed by atoms with Crippen LogP contribution in [0, 0.1) is 12.7 Å². The molecular formula is C13H16FNO3. The Labute approximate surface area is 105 Å². The van der Waals surface area contributed by atoms with Gasteiger partial charge in [0.25, 0.3) is 0 Å². The summed E-state index contributed by atoms with van der Waals surface area (Å²) in [5.41, 5.74) is 1.03. The molecule has 98 valence electrons. The van der Waals surface area contributed by atoms with Crippen LogP contribution in [0.5, 0.6) is 0 Å².